The summed E-state index contributed by atoms with van der Waals surface area (Å²) in [6.45, 7) is 2.39. The van der Waals surface area contributed by atoms with Crippen molar-refractivity contribution in [3.63, 3.8) is 0 Å². The second kappa shape index (κ2) is 6.15. The van der Waals surface area contributed by atoms with Crippen molar-refractivity contribution in [1.29, 1.82) is 0 Å². The zero-order chi connectivity index (χ0) is 13.7. The number of aromatic nitrogens is 1. The van der Waals surface area contributed by atoms with Crippen LogP contribution >= 0.6 is 0 Å². The van der Waals surface area contributed by atoms with Crippen LogP contribution in [0, 0.1) is 5.92 Å². The lowest BCUT2D eigenvalue weighted by Gasteiger charge is -2.09. The molecule has 0 aliphatic rings. The summed E-state index contributed by atoms with van der Waals surface area (Å²) in [6.07, 6.45) is 2.99. The first-order chi connectivity index (χ1) is 9.20. The van der Waals surface area contributed by atoms with Crippen LogP contribution in [0.3, 0.4) is 0 Å². The van der Waals surface area contributed by atoms with Crippen molar-refractivity contribution in [1.82, 2.24) is 10.3 Å². The summed E-state index contributed by atoms with van der Waals surface area (Å²) in [4.78, 5) is 15.7. The lowest BCUT2D eigenvalue weighted by molar-refractivity contribution is 0.0942. The topological polar surface area (TPSA) is 75.4 Å². The minimum absolute atomic E-state index is 0.0532. The Morgan fingerprint density at radius 2 is 2.16 bits per heavy atom. The van der Waals surface area contributed by atoms with E-state index < -0.39 is 0 Å². The minimum atomic E-state index is -0.149. The number of nitrogens with zero attached hydrogens (tertiary/aromatic N) is 1. The number of amides is 1. The maximum atomic E-state index is 11.8. The quantitative estimate of drug-likeness (QED) is 0.858. The molecule has 0 aliphatic carbocycles. The Labute approximate surface area is 111 Å². The average Bonchev–Trinajstić information content (AvgIpc) is 2.98. The number of carbonyl (C=O) groups is 1. The van der Waals surface area contributed by atoms with Gasteiger partial charge in [-0.25, -0.2) is 4.98 Å². The van der Waals surface area contributed by atoms with E-state index in [1.165, 1.54) is 6.39 Å². The molecule has 2 rings (SSSR count). The number of nitrogens with one attached hydrogen (secondary N) is 1. The molecule has 0 radical (unpaired) electrons. The number of rotatable bonds is 5. The normalized spacial score (nSPS) is 12.1. The van der Waals surface area contributed by atoms with Gasteiger partial charge >= 0.3 is 0 Å². The van der Waals surface area contributed by atoms with Gasteiger partial charge in [0.2, 0.25) is 0 Å². The molecule has 19 heavy (non-hydrogen) atoms. The Morgan fingerprint density at radius 1 is 1.42 bits per heavy atom. The van der Waals surface area contributed by atoms with Crippen LogP contribution in [0.15, 0.2) is 41.3 Å². The van der Waals surface area contributed by atoms with Gasteiger partial charge < -0.3 is 14.8 Å². The van der Waals surface area contributed by atoms with Crippen molar-refractivity contribution >= 4 is 5.91 Å². The Morgan fingerprint density at radius 3 is 2.74 bits per heavy atom. The van der Waals surface area contributed by atoms with E-state index in [4.69, 9.17) is 9.52 Å². The third-order valence-electron chi connectivity index (χ3n) is 2.79. The van der Waals surface area contributed by atoms with E-state index in [1.54, 1.807) is 18.3 Å². The third kappa shape index (κ3) is 3.42. The van der Waals surface area contributed by atoms with Crippen LogP contribution in [0.25, 0.3) is 11.3 Å². The largest absolute Gasteiger partial charge is 0.444 e. The molecular weight excluding hydrogens is 244 g/mol. The van der Waals surface area contributed by atoms with Crippen molar-refractivity contribution in [3.05, 3.63) is 42.4 Å². The Kier molecular flexibility index (Phi) is 4.30. The standard InChI is InChI=1S/C14H16N2O3/c1-10(8-17)6-16-14(18)12-4-2-11(3-5-12)13-7-15-9-19-13/h2-5,7,9-10,17H,6,8H2,1H3,(H,16,18). The molecular formula is C14H16N2O3. The number of hydrogen-bond donors (Lipinski definition) is 2. The van der Waals surface area contributed by atoms with E-state index in [0.29, 0.717) is 17.9 Å². The molecule has 100 valence electrons. The van der Waals surface area contributed by atoms with Gasteiger partial charge in [-0.1, -0.05) is 19.1 Å². The maximum absolute atomic E-state index is 11.8. The third-order valence-corrected chi connectivity index (χ3v) is 2.79. The highest BCUT2D eigenvalue weighted by Gasteiger charge is 2.08. The molecule has 0 fully saturated rings. The van der Waals surface area contributed by atoms with Gasteiger partial charge in [-0.15, -0.1) is 0 Å². The van der Waals surface area contributed by atoms with Gasteiger partial charge in [-0.3, -0.25) is 4.79 Å². The second-order valence-corrected chi connectivity index (χ2v) is 4.44. The molecule has 1 atom stereocenters. The Bertz CT molecular complexity index is 520. The van der Waals surface area contributed by atoms with E-state index >= 15 is 0 Å². The molecule has 2 aromatic rings. The summed E-state index contributed by atoms with van der Waals surface area (Å²) in [5, 5.41) is 11.7. The van der Waals surface area contributed by atoms with E-state index in [2.05, 4.69) is 10.3 Å². The Hall–Kier alpha value is -2.14. The summed E-state index contributed by atoms with van der Waals surface area (Å²) in [7, 11) is 0. The van der Waals surface area contributed by atoms with E-state index in [1.807, 2.05) is 19.1 Å². The predicted molar refractivity (Wildman–Crippen MR) is 70.5 cm³/mol. The fourth-order valence-electron chi connectivity index (χ4n) is 1.58. The molecule has 1 unspecified atom stereocenters. The molecule has 1 aromatic heterocycles. The van der Waals surface area contributed by atoms with Crippen LogP contribution in [0.1, 0.15) is 17.3 Å². The summed E-state index contributed by atoms with van der Waals surface area (Å²) < 4.78 is 5.17. The number of oxazole rings is 1. The SMILES string of the molecule is CC(CO)CNC(=O)c1ccc(-c2cnco2)cc1. The molecule has 0 saturated carbocycles. The van der Waals surface area contributed by atoms with Crippen LogP contribution in [0.2, 0.25) is 0 Å². The van der Waals surface area contributed by atoms with E-state index in [9.17, 15) is 4.79 Å². The second-order valence-electron chi connectivity index (χ2n) is 4.44. The first-order valence-electron chi connectivity index (χ1n) is 6.08. The molecule has 0 aliphatic heterocycles. The molecule has 0 spiro atoms. The van der Waals surface area contributed by atoms with Crippen molar-refractivity contribution in [2.24, 2.45) is 5.92 Å². The smallest absolute Gasteiger partial charge is 0.251 e. The number of benzene rings is 1. The molecule has 1 amide bonds. The highest BCUT2D eigenvalue weighted by Crippen LogP contribution is 2.18. The van der Waals surface area contributed by atoms with Gasteiger partial charge in [0.15, 0.2) is 12.2 Å². The molecule has 5 heteroatoms. The number of carbonyl (C=O) groups excluding carboxylic acids is 1. The first-order valence-corrected chi connectivity index (χ1v) is 6.08. The predicted octanol–water partition coefficient (Wildman–Crippen LogP) is 1.70. The summed E-state index contributed by atoms with van der Waals surface area (Å²) >= 11 is 0. The molecule has 1 aromatic carbocycles. The molecule has 5 nitrogen and oxygen atoms in total. The van der Waals surface area contributed by atoms with E-state index in [-0.39, 0.29) is 18.4 Å². The highest BCUT2D eigenvalue weighted by atomic mass is 16.3. The van der Waals surface area contributed by atoms with Crippen LogP contribution in [0.5, 0.6) is 0 Å². The summed E-state index contributed by atoms with van der Waals surface area (Å²) in [5.41, 5.74) is 1.45. The van der Waals surface area contributed by atoms with Crippen molar-refractivity contribution < 1.29 is 14.3 Å². The van der Waals surface area contributed by atoms with Crippen molar-refractivity contribution in [3.8, 4) is 11.3 Å². The molecule has 0 bridgehead atoms. The minimum Gasteiger partial charge on any atom is -0.444 e. The summed E-state index contributed by atoms with van der Waals surface area (Å²) in [6, 6.07) is 7.09. The zero-order valence-electron chi connectivity index (χ0n) is 10.7. The monoisotopic (exact) mass is 260 g/mol. The van der Waals surface area contributed by atoms with Crippen molar-refractivity contribution in [2.75, 3.05) is 13.2 Å². The zero-order valence-corrected chi connectivity index (χ0v) is 10.7. The average molecular weight is 260 g/mol. The lowest BCUT2D eigenvalue weighted by Crippen LogP contribution is -2.29. The van der Waals surface area contributed by atoms with E-state index in [0.717, 1.165) is 5.56 Å². The number of aliphatic hydroxyl groups is 1. The lowest BCUT2D eigenvalue weighted by atomic mass is 10.1. The molecule has 1 heterocycles. The maximum Gasteiger partial charge on any atom is 0.251 e. The van der Waals surface area contributed by atoms with Crippen LogP contribution in [-0.2, 0) is 0 Å². The van der Waals surface area contributed by atoms with Crippen molar-refractivity contribution in [2.45, 2.75) is 6.92 Å². The fourth-order valence-corrected chi connectivity index (χ4v) is 1.58. The van der Waals surface area contributed by atoms with Crippen LogP contribution in [-0.4, -0.2) is 29.1 Å². The number of hydrogen-bond acceptors (Lipinski definition) is 4. The van der Waals surface area contributed by atoms with Gasteiger partial charge in [0.1, 0.15) is 0 Å². The number of aliphatic hydroxyl groups excluding tert-OH is 1. The highest BCUT2D eigenvalue weighted by molar-refractivity contribution is 5.94. The summed E-state index contributed by atoms with van der Waals surface area (Å²) in [5.74, 6) is 0.572. The molecule has 0 saturated heterocycles. The first kappa shape index (κ1) is 13.3. The van der Waals surface area contributed by atoms with Gasteiger partial charge in [-0.2, -0.15) is 0 Å². The van der Waals surface area contributed by atoms with Gasteiger partial charge in [0.25, 0.3) is 5.91 Å². The van der Waals surface area contributed by atoms with Crippen LogP contribution in [0.4, 0.5) is 0 Å². The van der Waals surface area contributed by atoms with Gasteiger partial charge in [0, 0.05) is 24.3 Å². The molecule has 2 N–H and O–H groups in total. The Balaban J connectivity index is 2.00. The van der Waals surface area contributed by atoms with Gasteiger partial charge in [0.05, 0.1) is 6.20 Å². The van der Waals surface area contributed by atoms with Crippen LogP contribution < -0.4 is 5.32 Å². The fraction of sp³-hybridized carbons (Fsp3) is 0.286. The van der Waals surface area contributed by atoms with Gasteiger partial charge in [-0.05, 0) is 18.1 Å².